The molecule has 0 unspecified atom stereocenters. The maximum Gasteiger partial charge on any atom is 0.393 e. The molecule has 0 atom stereocenters. The number of hydrogen-bond donors (Lipinski definition) is 0. The molecule has 2 aromatic heterocycles. The van der Waals surface area contributed by atoms with Crippen molar-refractivity contribution in [3.05, 3.63) is 35.9 Å². The zero-order valence-corrected chi connectivity index (χ0v) is 10.1. The van der Waals surface area contributed by atoms with Gasteiger partial charge in [-0.2, -0.15) is 13.2 Å². The number of halogens is 3. The van der Waals surface area contributed by atoms with Gasteiger partial charge < -0.3 is 4.74 Å². The molecule has 0 spiro atoms. The van der Waals surface area contributed by atoms with Crippen LogP contribution in [0.25, 0.3) is 5.52 Å². The fourth-order valence-corrected chi connectivity index (χ4v) is 1.72. The van der Waals surface area contributed by atoms with Gasteiger partial charge in [-0.05, 0) is 18.6 Å². The summed E-state index contributed by atoms with van der Waals surface area (Å²) in [6.45, 7) is 1.82. The smallest absolute Gasteiger partial charge is 0.393 e. The molecule has 0 aromatic carbocycles. The maximum atomic E-state index is 12.3. The summed E-state index contributed by atoms with van der Waals surface area (Å²) in [4.78, 5) is 15.4. The van der Waals surface area contributed by atoms with Crippen molar-refractivity contribution in [1.29, 1.82) is 0 Å². The number of ether oxygens (including phenoxy) is 1. The Hall–Kier alpha value is -2.05. The van der Waals surface area contributed by atoms with Crippen LogP contribution < -0.4 is 0 Å². The van der Waals surface area contributed by atoms with E-state index in [0.29, 0.717) is 5.52 Å². The second-order valence-electron chi connectivity index (χ2n) is 3.93. The van der Waals surface area contributed by atoms with Crippen LogP contribution in [0.1, 0.15) is 23.1 Å². The van der Waals surface area contributed by atoms with E-state index < -0.39 is 18.6 Å². The molecule has 4 nitrogen and oxygen atoms in total. The molecule has 0 fully saturated rings. The Morgan fingerprint density at radius 1 is 1.42 bits per heavy atom. The van der Waals surface area contributed by atoms with Crippen LogP contribution in [-0.2, 0) is 11.2 Å². The largest absolute Gasteiger partial charge is 0.460 e. The molecule has 7 heteroatoms. The summed E-state index contributed by atoms with van der Waals surface area (Å²) in [7, 11) is 0. The summed E-state index contributed by atoms with van der Waals surface area (Å²) in [5, 5.41) is 0. The number of carbonyl (C=O) groups is 1. The van der Waals surface area contributed by atoms with Gasteiger partial charge in [0.25, 0.3) is 0 Å². The minimum Gasteiger partial charge on any atom is -0.460 e. The third-order valence-corrected chi connectivity index (χ3v) is 2.45. The topological polar surface area (TPSA) is 43.6 Å². The first kappa shape index (κ1) is 13.4. The molecule has 102 valence electrons. The van der Waals surface area contributed by atoms with E-state index in [1.54, 1.807) is 6.92 Å². The number of fused-ring (bicyclic) bond motifs is 1. The van der Waals surface area contributed by atoms with Crippen LogP contribution in [0, 0.1) is 0 Å². The van der Waals surface area contributed by atoms with Crippen molar-refractivity contribution in [2.24, 2.45) is 0 Å². The highest BCUT2D eigenvalue weighted by Gasteiger charge is 2.28. The first-order valence-corrected chi connectivity index (χ1v) is 5.60. The van der Waals surface area contributed by atoms with Crippen molar-refractivity contribution in [2.75, 3.05) is 6.61 Å². The number of nitrogens with zero attached hydrogens (tertiary/aromatic N) is 2. The molecule has 2 rings (SSSR count). The van der Waals surface area contributed by atoms with E-state index in [-0.39, 0.29) is 18.0 Å². The lowest BCUT2D eigenvalue weighted by atomic mass is 10.2. The molecule has 0 radical (unpaired) electrons. The van der Waals surface area contributed by atoms with Crippen LogP contribution in [0.5, 0.6) is 0 Å². The van der Waals surface area contributed by atoms with Gasteiger partial charge in [0, 0.05) is 6.20 Å². The molecule has 0 aliphatic rings. The Kier molecular flexibility index (Phi) is 3.46. The maximum absolute atomic E-state index is 12.3. The summed E-state index contributed by atoms with van der Waals surface area (Å²) in [5.74, 6) is -0.687. The van der Waals surface area contributed by atoms with Crippen molar-refractivity contribution in [2.45, 2.75) is 19.5 Å². The lowest BCUT2D eigenvalue weighted by Crippen LogP contribution is -2.13. The Balaban J connectivity index is 2.40. The van der Waals surface area contributed by atoms with Gasteiger partial charge in [0.2, 0.25) is 5.82 Å². The molecular weight excluding hydrogens is 261 g/mol. The van der Waals surface area contributed by atoms with Gasteiger partial charge in [-0.1, -0.05) is 6.07 Å². The van der Waals surface area contributed by atoms with Crippen LogP contribution in [-0.4, -0.2) is 28.1 Å². The first-order valence-electron chi connectivity index (χ1n) is 5.60. The van der Waals surface area contributed by atoms with Crippen molar-refractivity contribution in [3.63, 3.8) is 0 Å². The minimum atomic E-state index is -4.29. The quantitative estimate of drug-likeness (QED) is 0.807. The Labute approximate surface area is 106 Å². The van der Waals surface area contributed by atoms with Gasteiger partial charge in [0.1, 0.15) is 0 Å². The minimum absolute atomic E-state index is 0.0270. The normalized spacial score (nSPS) is 11.8. The van der Waals surface area contributed by atoms with Gasteiger partial charge >= 0.3 is 12.1 Å². The standard InChI is InChI=1S/C12H11F3N2O2/c1-2-19-11(18)10-16-6-9-4-3-8(7-17(9)10)5-12(13,14)15/h3-4,6-7H,2,5H2,1H3. The highest BCUT2D eigenvalue weighted by atomic mass is 19.4. The predicted molar refractivity (Wildman–Crippen MR) is 60.9 cm³/mol. The SMILES string of the molecule is CCOC(=O)c1ncc2ccc(CC(F)(F)F)cn12. The molecule has 0 aliphatic heterocycles. The summed E-state index contributed by atoms with van der Waals surface area (Å²) < 4.78 is 43.1. The number of esters is 1. The number of rotatable bonds is 3. The first-order chi connectivity index (χ1) is 8.90. The number of pyridine rings is 1. The lowest BCUT2D eigenvalue weighted by Gasteiger charge is -2.07. The van der Waals surface area contributed by atoms with E-state index >= 15 is 0 Å². The molecule has 2 aromatic rings. The molecule has 0 amide bonds. The Morgan fingerprint density at radius 2 is 2.16 bits per heavy atom. The van der Waals surface area contributed by atoms with Crippen molar-refractivity contribution < 1.29 is 22.7 Å². The van der Waals surface area contributed by atoms with Crippen LogP contribution in [0.15, 0.2) is 24.5 Å². The van der Waals surface area contributed by atoms with Gasteiger partial charge in [0.15, 0.2) is 0 Å². The highest BCUT2D eigenvalue weighted by molar-refractivity contribution is 5.86. The number of carbonyl (C=O) groups excluding carboxylic acids is 1. The Morgan fingerprint density at radius 3 is 2.79 bits per heavy atom. The van der Waals surface area contributed by atoms with Crippen molar-refractivity contribution in [1.82, 2.24) is 9.38 Å². The lowest BCUT2D eigenvalue weighted by molar-refractivity contribution is -0.127. The molecule has 0 saturated carbocycles. The van der Waals surface area contributed by atoms with Crippen molar-refractivity contribution in [3.8, 4) is 0 Å². The van der Waals surface area contributed by atoms with Gasteiger partial charge in [-0.3, -0.25) is 4.40 Å². The number of hydrogen-bond acceptors (Lipinski definition) is 3. The second kappa shape index (κ2) is 4.91. The fraction of sp³-hybridized carbons (Fsp3) is 0.333. The number of aromatic nitrogens is 2. The summed E-state index contributed by atoms with van der Waals surface area (Å²) in [6.07, 6.45) is -2.69. The average molecular weight is 272 g/mol. The van der Waals surface area contributed by atoms with E-state index in [9.17, 15) is 18.0 Å². The Bertz CT molecular complexity index is 605. The van der Waals surface area contributed by atoms with E-state index in [1.165, 1.54) is 28.9 Å². The fourth-order valence-electron chi connectivity index (χ4n) is 1.72. The van der Waals surface area contributed by atoms with Crippen molar-refractivity contribution >= 4 is 11.5 Å². The van der Waals surface area contributed by atoms with Crippen LogP contribution in [0.3, 0.4) is 0 Å². The zero-order valence-electron chi connectivity index (χ0n) is 10.1. The molecule has 0 saturated heterocycles. The number of imidazole rings is 1. The van der Waals surface area contributed by atoms with Crippen LogP contribution in [0.2, 0.25) is 0 Å². The predicted octanol–water partition coefficient (Wildman–Crippen LogP) is 2.62. The van der Waals surface area contributed by atoms with E-state index in [1.807, 2.05) is 0 Å². The molecule has 2 heterocycles. The summed E-state index contributed by atoms with van der Waals surface area (Å²) in [6, 6.07) is 2.84. The summed E-state index contributed by atoms with van der Waals surface area (Å²) >= 11 is 0. The number of alkyl halides is 3. The molecule has 0 aliphatic carbocycles. The van der Waals surface area contributed by atoms with E-state index in [2.05, 4.69) is 4.98 Å². The monoisotopic (exact) mass is 272 g/mol. The van der Waals surface area contributed by atoms with Crippen LogP contribution >= 0.6 is 0 Å². The van der Waals surface area contributed by atoms with Gasteiger partial charge in [-0.15, -0.1) is 0 Å². The third-order valence-electron chi connectivity index (χ3n) is 2.45. The molecule has 0 N–H and O–H groups in total. The highest BCUT2D eigenvalue weighted by Crippen LogP contribution is 2.22. The zero-order chi connectivity index (χ0) is 14.0. The van der Waals surface area contributed by atoms with Crippen LogP contribution in [0.4, 0.5) is 13.2 Å². The van der Waals surface area contributed by atoms with Gasteiger partial charge in [0.05, 0.1) is 24.7 Å². The van der Waals surface area contributed by atoms with E-state index in [0.717, 1.165) is 0 Å². The third kappa shape index (κ3) is 3.04. The second-order valence-corrected chi connectivity index (χ2v) is 3.93. The average Bonchev–Trinajstić information content (AvgIpc) is 2.70. The molecule has 19 heavy (non-hydrogen) atoms. The molecular formula is C12H11F3N2O2. The molecule has 0 bridgehead atoms. The van der Waals surface area contributed by atoms with E-state index in [4.69, 9.17) is 4.74 Å². The summed E-state index contributed by atoms with van der Waals surface area (Å²) in [5.41, 5.74) is 0.595. The van der Waals surface area contributed by atoms with Gasteiger partial charge in [-0.25, -0.2) is 9.78 Å².